The van der Waals surface area contributed by atoms with E-state index in [0.717, 1.165) is 12.1 Å². The second-order valence-electron chi connectivity index (χ2n) is 9.07. The van der Waals surface area contributed by atoms with E-state index in [2.05, 4.69) is 15.5 Å². The summed E-state index contributed by atoms with van der Waals surface area (Å²) in [5.74, 6) is -2.14. The zero-order valence-electron chi connectivity index (χ0n) is 20.1. The molecule has 0 saturated carbocycles. The summed E-state index contributed by atoms with van der Waals surface area (Å²) < 4.78 is 61.7. The molecular weight excluding hydrogens is 490 g/mol. The van der Waals surface area contributed by atoms with Gasteiger partial charge in [0.15, 0.2) is 0 Å². The van der Waals surface area contributed by atoms with Gasteiger partial charge in [-0.3, -0.25) is 0 Å². The fourth-order valence-corrected chi connectivity index (χ4v) is 3.70. The van der Waals surface area contributed by atoms with Crippen molar-refractivity contribution in [3.8, 4) is 34.0 Å². The second-order valence-corrected chi connectivity index (χ2v) is 9.07. The number of hydrogen-bond acceptors (Lipinski definition) is 6. The molecule has 0 aliphatic heterocycles. The number of hydrogen-bond donors (Lipinski definition) is 1. The molecule has 37 heavy (non-hydrogen) atoms. The zero-order chi connectivity index (χ0) is 27.0. The Morgan fingerprint density at radius 3 is 2.35 bits per heavy atom. The van der Waals surface area contributed by atoms with Crippen LogP contribution in [0, 0.1) is 12.7 Å². The lowest BCUT2D eigenvalue weighted by molar-refractivity contribution is -0.313. The van der Waals surface area contributed by atoms with Gasteiger partial charge < -0.3 is 19.7 Å². The number of halogens is 4. The molecule has 4 rings (SSSR count). The Morgan fingerprint density at radius 1 is 1.00 bits per heavy atom. The normalized spacial score (nSPS) is 12.1. The largest absolute Gasteiger partial charge is 0.548 e. The number of carboxylic acid groups (broad SMARTS) is 1. The molecule has 1 aromatic heterocycles. The first-order valence-electron chi connectivity index (χ1n) is 11.2. The fourth-order valence-electron chi connectivity index (χ4n) is 3.70. The Morgan fingerprint density at radius 2 is 1.70 bits per heavy atom. The molecule has 0 aliphatic carbocycles. The molecular formula is C27H22F4N3O3-. The Hall–Kier alpha value is -4.05. The minimum Gasteiger partial charge on any atom is -0.548 e. The third-order valence-electron chi connectivity index (χ3n) is 5.98. The van der Waals surface area contributed by atoms with E-state index >= 15 is 0 Å². The van der Waals surface area contributed by atoms with Crippen LogP contribution in [0.5, 0.6) is 0 Å². The van der Waals surface area contributed by atoms with E-state index in [1.54, 1.807) is 31.2 Å². The number of rotatable bonds is 7. The molecule has 1 N–H and O–H groups in total. The van der Waals surface area contributed by atoms with Crippen LogP contribution in [0.3, 0.4) is 0 Å². The topological polar surface area (TPSA) is 91.1 Å². The van der Waals surface area contributed by atoms with Crippen LogP contribution in [-0.4, -0.2) is 21.6 Å². The number of carboxylic acids is 1. The number of aliphatic carboxylic acids is 1. The van der Waals surface area contributed by atoms with Gasteiger partial charge in [0.1, 0.15) is 5.82 Å². The third kappa shape index (κ3) is 5.54. The highest BCUT2D eigenvalue weighted by Gasteiger charge is 2.35. The summed E-state index contributed by atoms with van der Waals surface area (Å²) in [6.45, 7) is 4.46. The van der Waals surface area contributed by atoms with Gasteiger partial charge in [0, 0.05) is 23.2 Å². The van der Waals surface area contributed by atoms with E-state index in [-0.39, 0.29) is 40.5 Å². The van der Waals surface area contributed by atoms with Crippen molar-refractivity contribution in [2.45, 2.75) is 39.0 Å². The van der Waals surface area contributed by atoms with Gasteiger partial charge in [-0.15, -0.1) is 0 Å². The zero-order valence-corrected chi connectivity index (χ0v) is 20.1. The van der Waals surface area contributed by atoms with Crippen molar-refractivity contribution in [1.29, 1.82) is 0 Å². The summed E-state index contributed by atoms with van der Waals surface area (Å²) in [5.41, 5.74) is -0.521. The van der Waals surface area contributed by atoms with E-state index in [1.807, 2.05) is 0 Å². The van der Waals surface area contributed by atoms with E-state index < -0.39 is 29.1 Å². The van der Waals surface area contributed by atoms with Crippen LogP contribution < -0.4 is 10.4 Å². The number of benzene rings is 3. The highest BCUT2D eigenvalue weighted by Crippen LogP contribution is 2.40. The molecule has 4 aromatic rings. The van der Waals surface area contributed by atoms with Crippen LogP contribution in [0.1, 0.15) is 30.5 Å². The van der Waals surface area contributed by atoms with Crippen molar-refractivity contribution in [3.63, 3.8) is 0 Å². The van der Waals surface area contributed by atoms with Crippen LogP contribution >= 0.6 is 0 Å². The molecule has 0 fully saturated rings. The minimum atomic E-state index is -4.63. The van der Waals surface area contributed by atoms with Crippen molar-refractivity contribution in [1.82, 2.24) is 15.5 Å². The standard InChI is InChI=1S/C27H23F4N3O3/c1-15-6-4-5-7-19(15)20-11-10-17(12-21(20)27(29,30)31)24-33-23(34-37-24)16-8-9-18(22(28)13-16)14-32-26(2,3)25(35)36/h4-13,32H,14H2,1-3H3,(H,35,36)/p-1. The maximum absolute atomic E-state index is 14.6. The summed E-state index contributed by atoms with van der Waals surface area (Å²) >= 11 is 0. The molecule has 0 bridgehead atoms. The number of alkyl halides is 3. The van der Waals surface area contributed by atoms with Crippen molar-refractivity contribution < 1.29 is 32.0 Å². The Balaban J connectivity index is 1.63. The van der Waals surface area contributed by atoms with Gasteiger partial charge in [0.2, 0.25) is 5.82 Å². The molecule has 192 valence electrons. The van der Waals surface area contributed by atoms with E-state index in [1.165, 1.54) is 38.1 Å². The number of aryl methyl sites for hydroxylation is 1. The van der Waals surface area contributed by atoms with E-state index in [9.17, 15) is 27.5 Å². The molecule has 0 radical (unpaired) electrons. The van der Waals surface area contributed by atoms with Gasteiger partial charge in [-0.05, 0) is 55.7 Å². The summed E-state index contributed by atoms with van der Waals surface area (Å²) in [7, 11) is 0. The first kappa shape index (κ1) is 26.0. The Bertz CT molecular complexity index is 1460. The number of carbonyl (C=O) groups excluding carboxylic acids is 1. The third-order valence-corrected chi connectivity index (χ3v) is 5.98. The van der Waals surface area contributed by atoms with Crippen molar-refractivity contribution in [2.24, 2.45) is 0 Å². The van der Waals surface area contributed by atoms with Crippen molar-refractivity contribution in [3.05, 3.63) is 83.2 Å². The molecule has 0 unspecified atom stereocenters. The van der Waals surface area contributed by atoms with Crippen LogP contribution in [-0.2, 0) is 17.5 Å². The molecule has 0 atom stereocenters. The van der Waals surface area contributed by atoms with Gasteiger partial charge in [-0.25, -0.2) is 4.39 Å². The summed E-state index contributed by atoms with van der Waals surface area (Å²) in [6, 6.07) is 14.6. The predicted octanol–water partition coefficient (Wildman–Crippen LogP) is 5.16. The van der Waals surface area contributed by atoms with Gasteiger partial charge in [-0.2, -0.15) is 18.2 Å². The number of nitrogens with one attached hydrogen (secondary N) is 1. The summed E-state index contributed by atoms with van der Waals surface area (Å²) in [4.78, 5) is 15.3. The molecule has 0 spiro atoms. The van der Waals surface area contributed by atoms with Crippen molar-refractivity contribution in [2.75, 3.05) is 0 Å². The maximum Gasteiger partial charge on any atom is 0.417 e. The number of carbonyl (C=O) groups is 1. The summed E-state index contributed by atoms with van der Waals surface area (Å²) in [5, 5.41) is 17.6. The maximum atomic E-state index is 14.6. The number of nitrogens with zero attached hydrogens (tertiary/aromatic N) is 2. The van der Waals surface area contributed by atoms with Crippen LogP contribution in [0.2, 0.25) is 0 Å². The monoisotopic (exact) mass is 512 g/mol. The van der Waals surface area contributed by atoms with E-state index in [4.69, 9.17) is 4.52 Å². The molecule has 0 amide bonds. The first-order chi connectivity index (χ1) is 17.4. The summed E-state index contributed by atoms with van der Waals surface area (Å²) in [6.07, 6.45) is -4.63. The van der Waals surface area contributed by atoms with Gasteiger partial charge in [0.25, 0.3) is 5.89 Å². The lowest BCUT2D eigenvalue weighted by atomic mass is 9.94. The molecule has 0 aliphatic rings. The van der Waals surface area contributed by atoms with Gasteiger partial charge >= 0.3 is 6.18 Å². The lowest BCUT2D eigenvalue weighted by Crippen LogP contribution is -2.53. The molecule has 0 saturated heterocycles. The molecule has 3 aromatic carbocycles. The Labute approximate surface area is 210 Å². The van der Waals surface area contributed by atoms with Crippen LogP contribution in [0.25, 0.3) is 34.0 Å². The predicted molar refractivity (Wildman–Crippen MR) is 126 cm³/mol. The number of aromatic nitrogens is 2. The van der Waals surface area contributed by atoms with Gasteiger partial charge in [-0.1, -0.05) is 47.6 Å². The highest BCUT2D eigenvalue weighted by atomic mass is 19.4. The molecule has 6 nitrogen and oxygen atoms in total. The minimum absolute atomic E-state index is 0.0139. The van der Waals surface area contributed by atoms with Gasteiger partial charge in [0.05, 0.1) is 17.1 Å². The fraction of sp³-hybridized carbons (Fsp3) is 0.222. The Kier molecular flexibility index (Phi) is 6.88. The first-order valence-corrected chi connectivity index (χ1v) is 11.2. The van der Waals surface area contributed by atoms with Crippen LogP contribution in [0.15, 0.2) is 65.2 Å². The SMILES string of the molecule is Cc1ccccc1-c1ccc(-c2nc(-c3ccc(CNC(C)(C)C(=O)[O-])c(F)c3)no2)cc1C(F)(F)F. The lowest BCUT2D eigenvalue weighted by Gasteiger charge is -2.27. The second kappa shape index (κ2) is 9.78. The quantitative estimate of drug-likeness (QED) is 0.344. The highest BCUT2D eigenvalue weighted by molar-refractivity contribution is 5.76. The smallest absolute Gasteiger partial charge is 0.417 e. The molecule has 10 heteroatoms. The van der Waals surface area contributed by atoms with Crippen LogP contribution in [0.4, 0.5) is 17.6 Å². The molecule has 1 heterocycles. The average Bonchev–Trinajstić information content (AvgIpc) is 3.33. The van der Waals surface area contributed by atoms with E-state index in [0.29, 0.717) is 11.1 Å². The van der Waals surface area contributed by atoms with Crippen molar-refractivity contribution >= 4 is 5.97 Å². The average molecular weight is 512 g/mol.